The second kappa shape index (κ2) is 12.9. The molecule has 256 valence electrons. The molecule has 2 bridgehead atoms. The van der Waals surface area contributed by atoms with Gasteiger partial charge in [0.1, 0.15) is 5.75 Å². The number of nitrogens with zero attached hydrogens (tertiary/aromatic N) is 2. The Labute approximate surface area is 271 Å². The Hall–Kier alpha value is -3.30. The van der Waals surface area contributed by atoms with Crippen LogP contribution >= 0.6 is 22.1 Å². The molecule has 1 aromatic carbocycles. The molecule has 48 heavy (non-hydrogen) atoms. The summed E-state index contributed by atoms with van der Waals surface area (Å²) in [7, 11) is -9.20. The zero-order valence-electron chi connectivity index (χ0n) is 24.5. The van der Waals surface area contributed by atoms with E-state index in [1.54, 1.807) is 24.3 Å². The van der Waals surface area contributed by atoms with Crippen molar-refractivity contribution in [1.29, 1.82) is 0 Å². The molecule has 3 aliphatic rings. The Bertz CT molecular complexity index is 1920. The first-order valence-electron chi connectivity index (χ1n) is 14.2. The Balaban J connectivity index is 1.30. The van der Waals surface area contributed by atoms with Crippen molar-refractivity contribution in [2.75, 3.05) is 32.0 Å². The topological polar surface area (TPSA) is 299 Å². The van der Waals surface area contributed by atoms with E-state index in [2.05, 4.69) is 36.3 Å². The Kier molecular flexibility index (Phi) is 9.26. The van der Waals surface area contributed by atoms with E-state index in [1.807, 2.05) is 0 Å². The number of hydrogen-bond donors (Lipinski definition) is 4. The van der Waals surface area contributed by atoms with E-state index in [9.17, 15) is 43.8 Å². The number of benzene rings is 1. The van der Waals surface area contributed by atoms with Crippen molar-refractivity contribution in [3.63, 3.8) is 0 Å². The summed E-state index contributed by atoms with van der Waals surface area (Å²) in [6.45, 7) is -7.42. The number of anilines is 1. The van der Waals surface area contributed by atoms with Crippen LogP contribution in [0.4, 0.5) is 5.82 Å². The number of aliphatic hydroxyl groups excluding tert-OH is 1. The van der Waals surface area contributed by atoms with Gasteiger partial charge in [0.15, 0.2) is 0 Å². The number of piperidine rings is 1. The average Bonchev–Trinajstić information content (AvgIpc) is 3.69. The molecule has 0 spiro atoms. The van der Waals surface area contributed by atoms with Crippen molar-refractivity contribution in [2.24, 2.45) is 5.92 Å². The minimum absolute atomic E-state index is 0.0645. The fourth-order valence-electron chi connectivity index (χ4n) is 5.70. The van der Waals surface area contributed by atoms with Crippen molar-refractivity contribution in [1.82, 2.24) is 19.9 Å². The summed E-state index contributed by atoms with van der Waals surface area (Å²) in [6.07, 6.45) is -1.26. The van der Waals surface area contributed by atoms with Gasteiger partial charge in [-0.3, -0.25) is 4.79 Å². The third-order valence-corrected chi connectivity index (χ3v) is 17.1. The van der Waals surface area contributed by atoms with Gasteiger partial charge in [0, 0.05) is 6.54 Å². The number of ether oxygens (including phenoxy) is 3. The molecule has 5 heterocycles. The summed E-state index contributed by atoms with van der Waals surface area (Å²) in [5.74, 6) is 5.41. The number of esters is 1. The molecule has 0 amide bonds. The SMILES string of the molecule is Nc1[nH]c(=O)nc2c1c(C#Cc1cccc(OC(=O)C3CCCNC3)c1)cn2[C@@H]1O[C@@]2(COP([O-])(O[O-])([P+](=O)[O-])[P+](=O)[O-])COC1[C@H]2O. The molecule has 3 aromatic rings. The molecule has 0 aliphatic carbocycles. The maximum absolute atomic E-state index is 12.8. The van der Waals surface area contributed by atoms with E-state index >= 15 is 0 Å². The number of aromatic nitrogens is 3. The monoisotopic (exact) mass is 725 g/mol. The Morgan fingerprint density at radius 1 is 1.29 bits per heavy atom. The zero-order valence-corrected chi connectivity index (χ0v) is 27.2. The molecule has 19 nitrogen and oxygen atoms in total. The van der Waals surface area contributed by atoms with Crippen LogP contribution in [0.15, 0.2) is 35.3 Å². The van der Waals surface area contributed by atoms with Gasteiger partial charge in [-0.1, -0.05) is 6.07 Å². The predicted molar refractivity (Wildman–Crippen MR) is 156 cm³/mol. The number of rotatable bonds is 9. The number of nitrogens with two attached hydrogens (primary N) is 1. The maximum atomic E-state index is 12.8. The number of carbonyl (C=O) groups is 1. The third kappa shape index (κ3) is 5.85. The number of H-pyrrole nitrogens is 1. The van der Waals surface area contributed by atoms with Gasteiger partial charge < -0.3 is 10.1 Å². The number of nitrogens with one attached hydrogen (secondary N) is 2. The molecule has 22 heteroatoms. The first-order chi connectivity index (χ1) is 22.8. The van der Waals surface area contributed by atoms with Crippen LogP contribution in [-0.2, 0) is 32.6 Å². The van der Waals surface area contributed by atoms with Crippen molar-refractivity contribution in [3.05, 3.63) is 52.1 Å². The molecule has 6 rings (SSSR count). The van der Waals surface area contributed by atoms with Gasteiger partial charge in [-0.25, -0.2) is 0 Å². The van der Waals surface area contributed by atoms with Gasteiger partial charge >= 0.3 is 207 Å². The third-order valence-electron chi connectivity index (χ3n) is 8.23. The average molecular weight is 725 g/mol. The van der Waals surface area contributed by atoms with E-state index in [1.165, 1.54) is 10.8 Å². The Morgan fingerprint density at radius 2 is 2.06 bits per heavy atom. The molecule has 3 saturated heterocycles. The molecule has 2 aromatic heterocycles. The molecular weight excluding hydrogens is 699 g/mol. The molecule has 3 aliphatic heterocycles. The molecule has 5 N–H and O–H groups in total. The summed E-state index contributed by atoms with van der Waals surface area (Å²) in [5, 5.41) is 25.5. The van der Waals surface area contributed by atoms with Crippen molar-refractivity contribution >= 4 is 44.9 Å². The summed E-state index contributed by atoms with van der Waals surface area (Å²) in [6, 6.07) is 6.51. The van der Waals surface area contributed by atoms with Gasteiger partial charge in [-0.05, 0) is 25.5 Å². The molecule has 7 atom stereocenters. The van der Waals surface area contributed by atoms with Crippen LogP contribution in [0.25, 0.3) is 11.0 Å². The number of fused-ring (bicyclic) bond motifs is 3. The summed E-state index contributed by atoms with van der Waals surface area (Å²) in [5.41, 5.74) is 3.86. The van der Waals surface area contributed by atoms with Gasteiger partial charge in [0.2, 0.25) is 0 Å². The van der Waals surface area contributed by atoms with Gasteiger partial charge in [-0.15, -0.1) is 0 Å². The minimum atomic E-state index is -7.06. The van der Waals surface area contributed by atoms with Crippen LogP contribution in [0.2, 0.25) is 0 Å². The normalized spacial score (nSPS) is 26.7. The summed E-state index contributed by atoms with van der Waals surface area (Å²) in [4.78, 5) is 67.3. The molecular formula is C26H26N5O14P3-2. The van der Waals surface area contributed by atoms with E-state index in [0.717, 1.165) is 13.0 Å². The van der Waals surface area contributed by atoms with Crippen LogP contribution in [0.1, 0.15) is 30.2 Å². The number of hydrogen-bond acceptors (Lipinski definition) is 17. The van der Waals surface area contributed by atoms with Crippen molar-refractivity contribution in [3.8, 4) is 17.6 Å². The van der Waals surface area contributed by atoms with E-state index in [-0.39, 0.29) is 40.1 Å². The number of nitrogen functional groups attached to an aromatic ring is 1. The molecule has 3 fully saturated rings. The van der Waals surface area contributed by atoms with Crippen molar-refractivity contribution in [2.45, 2.75) is 36.9 Å². The quantitative estimate of drug-likeness (QED) is 0.0448. The van der Waals surface area contributed by atoms with E-state index < -0.39 is 65.0 Å². The van der Waals surface area contributed by atoms with Crippen LogP contribution in [0.3, 0.4) is 0 Å². The van der Waals surface area contributed by atoms with Crippen LogP contribution in [0, 0.1) is 17.8 Å². The number of aromatic amines is 1. The van der Waals surface area contributed by atoms with Gasteiger partial charge in [0.25, 0.3) is 0 Å². The fourth-order valence-corrected chi connectivity index (χ4v) is 9.27. The summed E-state index contributed by atoms with van der Waals surface area (Å²) < 4.78 is 49.5. The molecule has 4 unspecified atom stereocenters. The Morgan fingerprint density at radius 3 is 2.75 bits per heavy atom. The standard InChI is InChI=1S/C26H27N5O14P3/c27-21-18-16(7-6-14-3-1-5-17(9-14)43-24(33)15-4-2-8-28-10-15)11-31(22(18)30-25(34)29-21)23-19-20(32)26(44-23,12-41-19)13-42-48(40,45-35,46(36)37)47(38)39/h1,3,5,9,11,15,19-20,23,28,32,35H,2,4,8,10,12-13H2,(H3,27,29,30,34)/q-1/p-1/t15?,19?,20-,23-,26-/m1/s1. The predicted octanol–water partition coefficient (Wildman–Crippen LogP) is -2.36. The van der Waals surface area contributed by atoms with Crippen LogP contribution in [-0.4, -0.2) is 69.7 Å². The van der Waals surface area contributed by atoms with E-state index in [4.69, 9.17) is 19.9 Å². The first-order valence-corrected chi connectivity index (χ1v) is 20.0. The second-order valence-corrected chi connectivity index (χ2v) is 21.3. The van der Waals surface area contributed by atoms with Crippen LogP contribution in [0.5, 0.6) is 5.75 Å². The molecule has 0 saturated carbocycles. The van der Waals surface area contributed by atoms with Gasteiger partial charge in [-0.2, -0.15) is 0 Å². The van der Waals surface area contributed by atoms with Crippen LogP contribution < -0.4 is 41.4 Å². The second-order valence-electron chi connectivity index (χ2n) is 11.3. The molecule has 0 radical (unpaired) electrons. The fraction of sp³-hybridized carbons (Fsp3) is 0.423. The first kappa shape index (κ1) is 34.6. The number of aliphatic hydroxyl groups is 1. The number of carbonyl (C=O) groups excluding carboxylic acids is 1. The van der Waals surface area contributed by atoms with Gasteiger partial charge in [0.05, 0.1) is 5.92 Å². The van der Waals surface area contributed by atoms with Crippen molar-refractivity contribution < 1.29 is 62.4 Å². The zero-order chi connectivity index (χ0) is 34.5. The van der Waals surface area contributed by atoms with E-state index in [0.29, 0.717) is 18.5 Å². The summed E-state index contributed by atoms with van der Waals surface area (Å²) >= 11 is 0.